The molecule has 1 amide bonds. The number of ether oxygens (including phenoxy) is 1. The van der Waals surface area contributed by atoms with Crippen LogP contribution >= 0.6 is 12.4 Å². The second-order valence-corrected chi connectivity index (χ2v) is 5.94. The zero-order valence-electron chi connectivity index (χ0n) is 14.3. The number of rotatable bonds is 6. The van der Waals surface area contributed by atoms with Crippen molar-refractivity contribution in [1.29, 1.82) is 0 Å². The highest BCUT2D eigenvalue weighted by Gasteiger charge is 2.15. The van der Waals surface area contributed by atoms with Gasteiger partial charge in [-0.05, 0) is 44.0 Å². The third-order valence-corrected chi connectivity index (χ3v) is 3.50. The Balaban J connectivity index is 0.00000288. The zero-order valence-corrected chi connectivity index (χ0v) is 15.1. The Kier molecular flexibility index (Phi) is 7.92. The molecular formula is C19H25ClN2O2. The highest BCUT2D eigenvalue weighted by atomic mass is 35.5. The molecule has 4 nitrogen and oxygen atoms in total. The van der Waals surface area contributed by atoms with Gasteiger partial charge in [-0.1, -0.05) is 42.0 Å². The number of carbonyl (C=O) groups is 1. The van der Waals surface area contributed by atoms with Crippen LogP contribution < -0.4 is 11.1 Å². The summed E-state index contributed by atoms with van der Waals surface area (Å²) < 4.78 is 5.58. The normalized spacial score (nSPS) is 11.7. The fourth-order valence-electron chi connectivity index (χ4n) is 2.15. The Labute approximate surface area is 149 Å². The maximum absolute atomic E-state index is 12.3. The van der Waals surface area contributed by atoms with Crippen LogP contribution in [0.2, 0.25) is 0 Å². The lowest BCUT2D eigenvalue weighted by Gasteiger charge is -2.14. The molecule has 0 aromatic heterocycles. The average molecular weight is 349 g/mol. The standard InChI is InChI=1S/C19H24N2O2.ClH/c1-13(2)23-12-15-5-4-6-17(11-15)21-19(22)18(20)16-9-7-14(3)8-10-16;/h4-11,13,18H,12,20H2,1-3H3,(H,21,22);1H. The first-order valence-corrected chi connectivity index (χ1v) is 7.79. The lowest BCUT2D eigenvalue weighted by Crippen LogP contribution is -2.27. The van der Waals surface area contributed by atoms with Crippen molar-refractivity contribution in [3.05, 3.63) is 65.2 Å². The molecule has 0 heterocycles. The van der Waals surface area contributed by atoms with Gasteiger partial charge in [0.1, 0.15) is 6.04 Å². The number of aryl methyl sites for hydroxylation is 1. The van der Waals surface area contributed by atoms with Gasteiger partial charge < -0.3 is 15.8 Å². The van der Waals surface area contributed by atoms with Crippen molar-refractivity contribution < 1.29 is 9.53 Å². The van der Waals surface area contributed by atoms with Crippen LogP contribution in [0.4, 0.5) is 5.69 Å². The van der Waals surface area contributed by atoms with Crippen molar-refractivity contribution in [2.45, 2.75) is 39.5 Å². The van der Waals surface area contributed by atoms with Crippen LogP contribution in [-0.4, -0.2) is 12.0 Å². The minimum absolute atomic E-state index is 0. The van der Waals surface area contributed by atoms with Gasteiger partial charge in [-0.3, -0.25) is 4.79 Å². The van der Waals surface area contributed by atoms with Crippen molar-refractivity contribution in [2.75, 3.05) is 5.32 Å². The van der Waals surface area contributed by atoms with Crippen LogP contribution in [0.1, 0.15) is 36.6 Å². The molecule has 2 aromatic carbocycles. The SMILES string of the molecule is Cc1ccc(C(N)C(=O)Nc2cccc(COC(C)C)c2)cc1.Cl. The number of benzene rings is 2. The molecule has 0 radical (unpaired) electrons. The Morgan fingerprint density at radius 1 is 1.17 bits per heavy atom. The number of hydrogen-bond acceptors (Lipinski definition) is 3. The first-order chi connectivity index (χ1) is 11.0. The van der Waals surface area contributed by atoms with E-state index in [1.807, 2.05) is 69.3 Å². The van der Waals surface area contributed by atoms with Gasteiger partial charge in [0, 0.05) is 5.69 Å². The summed E-state index contributed by atoms with van der Waals surface area (Å²) in [7, 11) is 0. The predicted molar refractivity (Wildman–Crippen MR) is 100 cm³/mol. The number of nitrogens with one attached hydrogen (secondary N) is 1. The molecule has 24 heavy (non-hydrogen) atoms. The van der Waals surface area contributed by atoms with Crippen molar-refractivity contribution >= 4 is 24.0 Å². The third-order valence-electron chi connectivity index (χ3n) is 3.50. The molecule has 5 heteroatoms. The maximum atomic E-state index is 12.3. The molecule has 0 saturated heterocycles. The fraction of sp³-hybridized carbons (Fsp3) is 0.316. The molecule has 0 aliphatic carbocycles. The summed E-state index contributed by atoms with van der Waals surface area (Å²) in [6.45, 7) is 6.50. The zero-order chi connectivity index (χ0) is 16.8. The second kappa shape index (κ2) is 9.42. The smallest absolute Gasteiger partial charge is 0.245 e. The van der Waals surface area contributed by atoms with Crippen molar-refractivity contribution in [1.82, 2.24) is 0 Å². The van der Waals surface area contributed by atoms with Gasteiger partial charge in [-0.25, -0.2) is 0 Å². The van der Waals surface area contributed by atoms with Crippen LogP contribution in [0.3, 0.4) is 0 Å². The second-order valence-electron chi connectivity index (χ2n) is 5.94. The van der Waals surface area contributed by atoms with E-state index in [4.69, 9.17) is 10.5 Å². The molecule has 2 rings (SSSR count). The Hall–Kier alpha value is -1.88. The predicted octanol–water partition coefficient (Wildman–Crippen LogP) is 3.98. The summed E-state index contributed by atoms with van der Waals surface area (Å²) in [5, 5.41) is 2.86. The summed E-state index contributed by atoms with van der Waals surface area (Å²) in [4.78, 5) is 12.3. The largest absolute Gasteiger partial charge is 0.374 e. The van der Waals surface area contributed by atoms with Crippen LogP contribution in [0.15, 0.2) is 48.5 Å². The van der Waals surface area contributed by atoms with E-state index in [0.29, 0.717) is 6.61 Å². The molecule has 0 saturated carbocycles. The van der Waals surface area contributed by atoms with E-state index in [1.165, 1.54) is 0 Å². The number of halogens is 1. The minimum Gasteiger partial charge on any atom is -0.374 e. The van der Waals surface area contributed by atoms with Crippen LogP contribution in [0.25, 0.3) is 0 Å². The highest BCUT2D eigenvalue weighted by Crippen LogP contribution is 2.16. The molecule has 3 N–H and O–H groups in total. The number of anilines is 1. The van der Waals surface area contributed by atoms with Crippen molar-refractivity contribution in [3.8, 4) is 0 Å². The van der Waals surface area contributed by atoms with E-state index in [-0.39, 0.29) is 24.4 Å². The molecule has 0 spiro atoms. The van der Waals surface area contributed by atoms with E-state index in [9.17, 15) is 4.79 Å². The molecule has 130 valence electrons. The van der Waals surface area contributed by atoms with Gasteiger partial charge in [0.2, 0.25) is 5.91 Å². The van der Waals surface area contributed by atoms with Gasteiger partial charge in [0.05, 0.1) is 12.7 Å². The first-order valence-electron chi connectivity index (χ1n) is 7.79. The number of hydrogen-bond donors (Lipinski definition) is 2. The van der Waals surface area contributed by atoms with Crippen LogP contribution in [-0.2, 0) is 16.1 Å². The van der Waals surface area contributed by atoms with E-state index >= 15 is 0 Å². The van der Waals surface area contributed by atoms with Gasteiger partial charge in [0.15, 0.2) is 0 Å². The van der Waals surface area contributed by atoms with E-state index in [1.54, 1.807) is 0 Å². The molecule has 2 aromatic rings. The van der Waals surface area contributed by atoms with Gasteiger partial charge in [0.25, 0.3) is 0 Å². The summed E-state index contributed by atoms with van der Waals surface area (Å²) in [6.07, 6.45) is 0.170. The summed E-state index contributed by atoms with van der Waals surface area (Å²) in [5.41, 5.74) is 9.71. The molecule has 0 bridgehead atoms. The molecule has 0 fully saturated rings. The Bertz CT molecular complexity index is 657. The molecular weight excluding hydrogens is 324 g/mol. The van der Waals surface area contributed by atoms with E-state index in [0.717, 1.165) is 22.4 Å². The van der Waals surface area contributed by atoms with Crippen LogP contribution in [0, 0.1) is 6.92 Å². The molecule has 1 unspecified atom stereocenters. The third kappa shape index (κ3) is 5.96. The molecule has 1 atom stereocenters. The highest BCUT2D eigenvalue weighted by molar-refractivity contribution is 5.95. The van der Waals surface area contributed by atoms with Gasteiger partial charge in [-0.2, -0.15) is 0 Å². The van der Waals surface area contributed by atoms with Crippen LogP contribution in [0.5, 0.6) is 0 Å². The summed E-state index contributed by atoms with van der Waals surface area (Å²) in [5.74, 6) is -0.226. The lowest BCUT2D eigenvalue weighted by atomic mass is 10.1. The van der Waals surface area contributed by atoms with Crippen molar-refractivity contribution in [3.63, 3.8) is 0 Å². The minimum atomic E-state index is -0.689. The van der Waals surface area contributed by atoms with E-state index < -0.39 is 6.04 Å². The molecule has 0 aliphatic rings. The topological polar surface area (TPSA) is 64.4 Å². The Morgan fingerprint density at radius 3 is 2.46 bits per heavy atom. The summed E-state index contributed by atoms with van der Waals surface area (Å²) >= 11 is 0. The van der Waals surface area contributed by atoms with Gasteiger partial charge in [-0.15, -0.1) is 12.4 Å². The lowest BCUT2D eigenvalue weighted by molar-refractivity contribution is -0.117. The average Bonchev–Trinajstić information content (AvgIpc) is 2.53. The quantitative estimate of drug-likeness (QED) is 0.829. The fourth-order valence-corrected chi connectivity index (χ4v) is 2.15. The Morgan fingerprint density at radius 2 is 1.83 bits per heavy atom. The number of nitrogens with two attached hydrogens (primary N) is 1. The van der Waals surface area contributed by atoms with Crippen molar-refractivity contribution in [2.24, 2.45) is 5.73 Å². The summed E-state index contributed by atoms with van der Waals surface area (Å²) in [6, 6.07) is 14.6. The number of carbonyl (C=O) groups excluding carboxylic acids is 1. The first kappa shape index (κ1) is 20.2. The maximum Gasteiger partial charge on any atom is 0.245 e. The van der Waals surface area contributed by atoms with Gasteiger partial charge >= 0.3 is 0 Å². The monoisotopic (exact) mass is 348 g/mol. The molecule has 0 aliphatic heterocycles. The number of amides is 1. The van der Waals surface area contributed by atoms with E-state index in [2.05, 4.69) is 5.32 Å².